The van der Waals surface area contributed by atoms with Crippen LogP contribution < -0.4 is 10.2 Å². The Morgan fingerprint density at radius 1 is 1.17 bits per heavy atom. The van der Waals surface area contributed by atoms with Gasteiger partial charge < -0.3 is 10.2 Å². The van der Waals surface area contributed by atoms with Gasteiger partial charge in [0.1, 0.15) is 5.82 Å². The fourth-order valence-corrected chi connectivity index (χ4v) is 5.27. The number of anilines is 1. The van der Waals surface area contributed by atoms with Crippen molar-refractivity contribution in [3.8, 4) is 0 Å². The quantitative estimate of drug-likeness (QED) is 0.728. The lowest BCUT2D eigenvalue weighted by Gasteiger charge is -2.34. The van der Waals surface area contributed by atoms with Crippen LogP contribution in [0.15, 0.2) is 53.4 Å². The monoisotopic (exact) mass is 433 g/mol. The van der Waals surface area contributed by atoms with Gasteiger partial charge in [0.05, 0.1) is 10.5 Å². The van der Waals surface area contributed by atoms with Crippen LogP contribution >= 0.6 is 0 Å². The van der Waals surface area contributed by atoms with E-state index in [4.69, 9.17) is 0 Å². The van der Waals surface area contributed by atoms with Crippen molar-refractivity contribution in [3.63, 3.8) is 0 Å². The summed E-state index contributed by atoms with van der Waals surface area (Å²) in [6, 6.07) is 13.2. The average molecular weight is 434 g/mol. The number of nitrogens with one attached hydrogen (secondary N) is 1. The van der Waals surface area contributed by atoms with E-state index in [9.17, 15) is 17.6 Å². The second-order valence-corrected chi connectivity index (χ2v) is 9.26. The molecular weight excluding hydrogens is 405 g/mol. The third kappa shape index (κ3) is 4.82. The molecule has 3 rings (SSSR count). The van der Waals surface area contributed by atoms with Crippen LogP contribution in [0.1, 0.15) is 37.0 Å². The number of carbonyl (C=O) groups excluding carboxylic acids is 1. The van der Waals surface area contributed by atoms with Crippen molar-refractivity contribution in [1.29, 1.82) is 0 Å². The Morgan fingerprint density at radius 2 is 1.87 bits per heavy atom. The molecule has 162 valence electrons. The predicted octanol–water partition coefficient (Wildman–Crippen LogP) is 3.26. The lowest BCUT2D eigenvalue weighted by Crippen LogP contribution is -2.48. The van der Waals surface area contributed by atoms with Crippen molar-refractivity contribution in [3.05, 3.63) is 59.9 Å². The summed E-state index contributed by atoms with van der Waals surface area (Å²) in [7, 11) is -3.77. The van der Waals surface area contributed by atoms with Crippen molar-refractivity contribution in [1.82, 2.24) is 9.62 Å². The Labute approximate surface area is 177 Å². The van der Waals surface area contributed by atoms with Crippen LogP contribution in [0.5, 0.6) is 0 Å². The second-order valence-electron chi connectivity index (χ2n) is 7.33. The summed E-state index contributed by atoms with van der Waals surface area (Å²) in [5, 5.41) is 2.88. The second kappa shape index (κ2) is 9.57. The highest BCUT2D eigenvalue weighted by molar-refractivity contribution is 7.89. The highest BCUT2D eigenvalue weighted by Gasteiger charge is 2.26. The van der Waals surface area contributed by atoms with E-state index in [0.717, 1.165) is 37.2 Å². The first-order chi connectivity index (χ1) is 14.4. The summed E-state index contributed by atoms with van der Waals surface area (Å²) in [5.41, 5.74) is 0.829. The molecule has 8 heteroatoms. The van der Waals surface area contributed by atoms with Crippen LogP contribution in [0.4, 0.5) is 10.1 Å². The van der Waals surface area contributed by atoms with Gasteiger partial charge in [-0.1, -0.05) is 32.0 Å². The highest BCUT2D eigenvalue weighted by atomic mass is 32.2. The van der Waals surface area contributed by atoms with Gasteiger partial charge in [0.15, 0.2) is 0 Å². The van der Waals surface area contributed by atoms with Gasteiger partial charge in [-0.05, 0) is 43.2 Å². The highest BCUT2D eigenvalue weighted by Crippen LogP contribution is 2.22. The van der Waals surface area contributed by atoms with Crippen molar-refractivity contribution in [2.75, 3.05) is 31.1 Å². The molecule has 0 spiro atoms. The number of hydrogen-bond acceptors (Lipinski definition) is 4. The number of halogens is 1. The number of nitrogens with zero attached hydrogens (tertiary/aromatic N) is 2. The molecule has 6 nitrogen and oxygen atoms in total. The molecule has 0 saturated carbocycles. The Morgan fingerprint density at radius 3 is 2.53 bits per heavy atom. The number of amides is 1. The largest absolute Gasteiger partial charge is 0.369 e. The van der Waals surface area contributed by atoms with E-state index in [-0.39, 0.29) is 16.5 Å². The SMILES string of the molecule is CCN(CC)S(=O)(=O)c1ccc(F)c(C(=O)NC2CCCN(c3ccccc3)C2)c1. The molecule has 1 N–H and O–H groups in total. The maximum Gasteiger partial charge on any atom is 0.254 e. The molecule has 1 heterocycles. The maximum absolute atomic E-state index is 14.4. The van der Waals surface area contributed by atoms with Crippen LogP contribution in [0.25, 0.3) is 0 Å². The molecule has 1 aliphatic heterocycles. The van der Waals surface area contributed by atoms with Gasteiger partial charge in [0, 0.05) is 37.9 Å². The summed E-state index contributed by atoms with van der Waals surface area (Å²) in [6.07, 6.45) is 1.69. The number of carbonyl (C=O) groups is 1. The lowest BCUT2D eigenvalue weighted by atomic mass is 10.0. The molecule has 0 radical (unpaired) electrons. The fourth-order valence-electron chi connectivity index (χ4n) is 3.78. The molecule has 1 fully saturated rings. The Bertz CT molecular complexity index is 978. The van der Waals surface area contributed by atoms with E-state index in [2.05, 4.69) is 10.2 Å². The van der Waals surface area contributed by atoms with Crippen LogP contribution in [-0.2, 0) is 10.0 Å². The van der Waals surface area contributed by atoms with Crippen LogP contribution in [0.3, 0.4) is 0 Å². The molecule has 1 atom stereocenters. The number of rotatable bonds is 7. The Hall–Kier alpha value is -2.45. The van der Waals surface area contributed by atoms with Gasteiger partial charge >= 0.3 is 0 Å². The molecule has 2 aromatic rings. The molecule has 0 bridgehead atoms. The zero-order chi connectivity index (χ0) is 21.7. The van der Waals surface area contributed by atoms with Gasteiger partial charge in [0.25, 0.3) is 5.91 Å². The number of sulfonamides is 1. The van der Waals surface area contributed by atoms with Crippen molar-refractivity contribution in [2.45, 2.75) is 37.6 Å². The first-order valence-corrected chi connectivity index (χ1v) is 11.7. The summed E-state index contributed by atoms with van der Waals surface area (Å²) < 4.78 is 41.1. The van der Waals surface area contributed by atoms with Crippen LogP contribution in [-0.4, -0.2) is 50.9 Å². The molecular formula is C22H28FN3O3S. The van der Waals surface area contributed by atoms with Gasteiger partial charge in [-0.25, -0.2) is 12.8 Å². The summed E-state index contributed by atoms with van der Waals surface area (Å²) in [6.45, 7) is 5.58. The first-order valence-electron chi connectivity index (χ1n) is 10.3. The smallest absolute Gasteiger partial charge is 0.254 e. The molecule has 0 aliphatic carbocycles. The maximum atomic E-state index is 14.4. The first kappa shape index (κ1) is 22.2. The molecule has 1 saturated heterocycles. The number of hydrogen-bond donors (Lipinski definition) is 1. The third-order valence-corrected chi connectivity index (χ3v) is 7.45. The number of benzene rings is 2. The van der Waals surface area contributed by atoms with Crippen molar-refractivity contribution in [2.24, 2.45) is 0 Å². The molecule has 30 heavy (non-hydrogen) atoms. The van der Waals surface area contributed by atoms with E-state index in [1.54, 1.807) is 13.8 Å². The third-order valence-electron chi connectivity index (χ3n) is 5.40. The minimum Gasteiger partial charge on any atom is -0.369 e. The fraction of sp³-hybridized carbons (Fsp3) is 0.409. The van der Waals surface area contributed by atoms with Gasteiger partial charge in [0.2, 0.25) is 10.0 Å². The minimum absolute atomic E-state index is 0.0766. The molecule has 1 unspecified atom stereocenters. The zero-order valence-electron chi connectivity index (χ0n) is 17.3. The van der Waals surface area contributed by atoms with Crippen LogP contribution in [0, 0.1) is 5.82 Å². The van der Waals surface area contributed by atoms with Gasteiger partial charge in [-0.2, -0.15) is 4.31 Å². The van der Waals surface area contributed by atoms with Crippen LogP contribution in [0.2, 0.25) is 0 Å². The topological polar surface area (TPSA) is 69.7 Å². The van der Waals surface area contributed by atoms with E-state index in [1.807, 2.05) is 30.3 Å². The zero-order valence-corrected chi connectivity index (χ0v) is 18.2. The predicted molar refractivity (Wildman–Crippen MR) is 116 cm³/mol. The van der Waals surface area contributed by atoms with Gasteiger partial charge in [-0.3, -0.25) is 4.79 Å². The van der Waals surface area contributed by atoms with Crippen molar-refractivity contribution < 1.29 is 17.6 Å². The molecule has 1 aliphatic rings. The molecule has 0 aromatic heterocycles. The van der Waals surface area contributed by atoms with Crippen molar-refractivity contribution >= 4 is 21.6 Å². The standard InChI is InChI=1S/C22H28FN3O3S/c1-3-26(4-2)30(28,29)19-12-13-21(23)20(15-19)22(27)24-17-9-8-14-25(16-17)18-10-6-5-7-11-18/h5-7,10-13,15,17H,3-4,8-9,14,16H2,1-2H3,(H,24,27). The van der Waals surface area contributed by atoms with E-state index >= 15 is 0 Å². The lowest BCUT2D eigenvalue weighted by molar-refractivity contribution is 0.0929. The minimum atomic E-state index is -3.77. The normalized spacial score (nSPS) is 17.2. The Balaban J connectivity index is 1.77. The summed E-state index contributed by atoms with van der Waals surface area (Å²) >= 11 is 0. The van der Waals surface area contributed by atoms with Gasteiger partial charge in [-0.15, -0.1) is 0 Å². The average Bonchev–Trinajstić information content (AvgIpc) is 2.75. The van der Waals surface area contributed by atoms with E-state index in [0.29, 0.717) is 19.6 Å². The number of para-hydroxylation sites is 1. The molecule has 2 aromatic carbocycles. The van der Waals surface area contributed by atoms with E-state index in [1.165, 1.54) is 10.4 Å². The Kier molecular flexibility index (Phi) is 7.10. The van der Waals surface area contributed by atoms with E-state index < -0.39 is 21.7 Å². The summed E-state index contributed by atoms with van der Waals surface area (Å²) in [5.74, 6) is -1.33. The summed E-state index contributed by atoms with van der Waals surface area (Å²) in [4.78, 5) is 14.9. The number of piperidine rings is 1. The molecule has 1 amide bonds.